The van der Waals surface area contributed by atoms with Gasteiger partial charge in [0.15, 0.2) is 0 Å². The van der Waals surface area contributed by atoms with Crippen LogP contribution in [0.5, 0.6) is 5.75 Å². The van der Waals surface area contributed by atoms with E-state index in [4.69, 9.17) is 9.47 Å². The van der Waals surface area contributed by atoms with Gasteiger partial charge in [-0.3, -0.25) is 4.98 Å². The third-order valence-corrected chi connectivity index (χ3v) is 6.35. The molecule has 0 aliphatic carbocycles. The summed E-state index contributed by atoms with van der Waals surface area (Å²) in [6.07, 6.45) is 8.20. The lowest BCUT2D eigenvalue weighted by Gasteiger charge is -2.37. The maximum atomic E-state index is 11.8. The predicted molar refractivity (Wildman–Crippen MR) is 134 cm³/mol. The molecule has 0 bridgehead atoms. The van der Waals surface area contributed by atoms with Gasteiger partial charge < -0.3 is 19.7 Å². The van der Waals surface area contributed by atoms with Crippen molar-refractivity contribution in [3.05, 3.63) is 48.7 Å². The summed E-state index contributed by atoms with van der Waals surface area (Å²) in [6.45, 7) is 13.2. The number of likely N-dealkylation sites (tertiary alicyclic amines) is 1. The van der Waals surface area contributed by atoms with Gasteiger partial charge >= 0.3 is 6.09 Å². The number of fused-ring (bicyclic) bond motifs is 1. The summed E-state index contributed by atoms with van der Waals surface area (Å²) >= 11 is 0. The molecule has 6 nitrogen and oxygen atoms in total. The number of hydrogen-bond acceptors (Lipinski definition) is 5. The number of ether oxygens (including phenoxy) is 2. The van der Waals surface area contributed by atoms with E-state index in [9.17, 15) is 4.79 Å². The summed E-state index contributed by atoms with van der Waals surface area (Å²) < 4.78 is 10.7. The van der Waals surface area contributed by atoms with Gasteiger partial charge in [-0.1, -0.05) is 6.08 Å². The smallest absolute Gasteiger partial charge is 0.407 e. The number of rotatable bonds is 9. The highest BCUT2D eigenvalue weighted by Gasteiger charge is 2.27. The molecular weight excluding hydrogens is 414 g/mol. The van der Waals surface area contributed by atoms with Crippen molar-refractivity contribution in [3.8, 4) is 5.75 Å². The number of carbonyl (C=O) groups is 1. The minimum Gasteiger partial charge on any atom is -0.497 e. The van der Waals surface area contributed by atoms with Crippen LogP contribution in [-0.4, -0.2) is 54.9 Å². The van der Waals surface area contributed by atoms with Gasteiger partial charge in [0.05, 0.1) is 12.6 Å². The van der Waals surface area contributed by atoms with Crippen molar-refractivity contribution >= 4 is 17.0 Å². The molecule has 2 atom stereocenters. The molecule has 0 unspecified atom stereocenters. The normalized spacial score (nSPS) is 19.3. The van der Waals surface area contributed by atoms with E-state index in [-0.39, 0.29) is 6.09 Å². The molecule has 0 saturated carbocycles. The van der Waals surface area contributed by atoms with Crippen molar-refractivity contribution in [2.45, 2.75) is 52.1 Å². The molecule has 33 heavy (non-hydrogen) atoms. The highest BCUT2D eigenvalue weighted by Crippen LogP contribution is 2.30. The van der Waals surface area contributed by atoms with Crippen LogP contribution >= 0.6 is 0 Å². The molecule has 0 spiro atoms. The van der Waals surface area contributed by atoms with Crippen molar-refractivity contribution in [3.63, 3.8) is 0 Å². The van der Waals surface area contributed by atoms with E-state index < -0.39 is 5.60 Å². The largest absolute Gasteiger partial charge is 0.497 e. The minimum absolute atomic E-state index is 0.348. The Labute approximate surface area is 198 Å². The minimum atomic E-state index is -0.467. The van der Waals surface area contributed by atoms with Crippen LogP contribution in [0, 0.1) is 11.8 Å². The number of carbonyl (C=O) groups excluding carboxylic acids is 1. The lowest BCUT2D eigenvalue weighted by Crippen LogP contribution is -2.44. The number of nitrogens with one attached hydrogen (secondary N) is 1. The van der Waals surface area contributed by atoms with Crippen molar-refractivity contribution in [1.82, 2.24) is 15.2 Å². The summed E-state index contributed by atoms with van der Waals surface area (Å²) in [5.74, 6) is 2.01. The van der Waals surface area contributed by atoms with E-state index in [0.29, 0.717) is 18.4 Å². The Morgan fingerprint density at radius 1 is 1.33 bits per heavy atom. The SMILES string of the molecule is C=C[C@H]1CN(CCNC(=O)OC(C)(C)C)CC[C@H]1CCCc1ccnc2ccc(OC)cc12. The van der Waals surface area contributed by atoms with Crippen molar-refractivity contribution in [1.29, 1.82) is 0 Å². The molecule has 6 heteroatoms. The molecular formula is C27H39N3O3. The predicted octanol–water partition coefficient (Wildman–Crippen LogP) is 5.21. The number of alkyl carbamates (subject to hydrolysis) is 1. The van der Waals surface area contributed by atoms with Crippen LogP contribution in [0.2, 0.25) is 0 Å². The van der Waals surface area contributed by atoms with Gasteiger partial charge in [-0.05, 0) is 94.7 Å². The van der Waals surface area contributed by atoms with Gasteiger partial charge in [0, 0.05) is 31.2 Å². The van der Waals surface area contributed by atoms with Crippen LogP contribution in [0.3, 0.4) is 0 Å². The molecule has 1 aliphatic rings. The fourth-order valence-corrected chi connectivity index (χ4v) is 4.64. The number of amides is 1. The number of hydrogen-bond donors (Lipinski definition) is 1. The van der Waals surface area contributed by atoms with Gasteiger partial charge in [0.25, 0.3) is 0 Å². The number of benzene rings is 1. The Bertz CT molecular complexity index is 938. The standard InChI is InChI=1S/C27H39N3O3/c1-6-20-19-30(17-15-29-26(31)33-27(2,3)4)16-13-21(20)8-7-9-22-12-14-28-25-11-10-23(32-5)18-24(22)25/h6,10-12,14,18,20-21H,1,7-9,13,15-17,19H2,2-5H3,(H,29,31)/t20-,21+/m0/s1. The van der Waals surface area contributed by atoms with Crippen molar-refractivity contribution in [2.75, 3.05) is 33.3 Å². The maximum Gasteiger partial charge on any atom is 0.407 e. The third kappa shape index (κ3) is 7.46. The van der Waals surface area contributed by atoms with Gasteiger partial charge in [-0.15, -0.1) is 6.58 Å². The van der Waals surface area contributed by atoms with Crippen LogP contribution < -0.4 is 10.1 Å². The summed E-state index contributed by atoms with van der Waals surface area (Å²) in [4.78, 5) is 18.8. The molecule has 1 aromatic carbocycles. The lowest BCUT2D eigenvalue weighted by atomic mass is 9.81. The van der Waals surface area contributed by atoms with Crippen LogP contribution in [-0.2, 0) is 11.2 Å². The van der Waals surface area contributed by atoms with E-state index in [2.05, 4.69) is 40.0 Å². The second-order valence-electron chi connectivity index (χ2n) is 9.92. The number of aromatic nitrogens is 1. The first-order valence-corrected chi connectivity index (χ1v) is 12.0. The number of pyridine rings is 1. The molecule has 0 radical (unpaired) electrons. The first kappa shape index (κ1) is 25.0. The number of aryl methyl sites for hydroxylation is 1. The van der Waals surface area contributed by atoms with E-state index in [1.165, 1.54) is 17.4 Å². The van der Waals surface area contributed by atoms with Crippen LogP contribution in [0.4, 0.5) is 4.79 Å². The van der Waals surface area contributed by atoms with Crippen LogP contribution in [0.25, 0.3) is 10.9 Å². The fraction of sp³-hybridized carbons (Fsp3) is 0.556. The molecule has 2 aromatic rings. The third-order valence-electron chi connectivity index (χ3n) is 6.35. The maximum absolute atomic E-state index is 11.8. The van der Waals surface area contributed by atoms with Gasteiger partial charge in [-0.25, -0.2) is 4.79 Å². The molecule has 1 amide bonds. The Hall–Kier alpha value is -2.60. The summed E-state index contributed by atoms with van der Waals surface area (Å²) in [5, 5.41) is 4.05. The molecule has 1 fully saturated rings. The zero-order chi connectivity index (χ0) is 23.8. The first-order chi connectivity index (χ1) is 15.8. The number of methoxy groups -OCH3 is 1. The summed E-state index contributed by atoms with van der Waals surface area (Å²) in [7, 11) is 1.70. The Kier molecular flexibility index (Phi) is 8.73. The highest BCUT2D eigenvalue weighted by molar-refractivity contribution is 5.83. The van der Waals surface area contributed by atoms with Crippen LogP contribution in [0.1, 0.15) is 45.6 Å². The lowest BCUT2D eigenvalue weighted by molar-refractivity contribution is 0.0515. The van der Waals surface area contributed by atoms with Gasteiger partial charge in [0.1, 0.15) is 11.4 Å². The fourth-order valence-electron chi connectivity index (χ4n) is 4.64. The molecule has 2 heterocycles. The highest BCUT2D eigenvalue weighted by atomic mass is 16.6. The zero-order valence-corrected chi connectivity index (χ0v) is 20.6. The van der Waals surface area contributed by atoms with Crippen LogP contribution in [0.15, 0.2) is 43.1 Å². The second kappa shape index (κ2) is 11.5. The second-order valence-corrected chi connectivity index (χ2v) is 9.92. The molecule has 1 saturated heterocycles. The monoisotopic (exact) mass is 453 g/mol. The quantitative estimate of drug-likeness (QED) is 0.528. The average Bonchev–Trinajstić information content (AvgIpc) is 2.78. The molecule has 1 aliphatic heterocycles. The Morgan fingerprint density at radius 3 is 2.88 bits per heavy atom. The van der Waals surface area contributed by atoms with E-state index >= 15 is 0 Å². The molecule has 1 N–H and O–H groups in total. The molecule has 3 rings (SSSR count). The molecule has 180 valence electrons. The Morgan fingerprint density at radius 2 is 2.15 bits per heavy atom. The van der Waals surface area contributed by atoms with E-state index in [1.807, 2.05) is 39.1 Å². The summed E-state index contributed by atoms with van der Waals surface area (Å²) in [5.41, 5.74) is 1.88. The number of piperidine rings is 1. The van der Waals surface area contributed by atoms with Gasteiger partial charge in [-0.2, -0.15) is 0 Å². The summed E-state index contributed by atoms with van der Waals surface area (Å²) in [6, 6.07) is 8.21. The zero-order valence-electron chi connectivity index (χ0n) is 20.6. The first-order valence-electron chi connectivity index (χ1n) is 12.0. The molecule has 1 aromatic heterocycles. The average molecular weight is 454 g/mol. The topological polar surface area (TPSA) is 63.7 Å². The van der Waals surface area contributed by atoms with Gasteiger partial charge in [0.2, 0.25) is 0 Å². The van der Waals surface area contributed by atoms with Crippen molar-refractivity contribution in [2.24, 2.45) is 11.8 Å². The number of nitrogens with zero attached hydrogens (tertiary/aromatic N) is 2. The Balaban J connectivity index is 1.46. The van der Waals surface area contributed by atoms with E-state index in [1.54, 1.807) is 7.11 Å². The van der Waals surface area contributed by atoms with Crippen molar-refractivity contribution < 1.29 is 14.3 Å². The van der Waals surface area contributed by atoms with E-state index in [0.717, 1.165) is 50.2 Å².